The fraction of sp³-hybridized carbons (Fsp3) is 0.643. The van der Waals surface area contributed by atoms with Gasteiger partial charge in [0.05, 0.1) is 17.9 Å². The summed E-state index contributed by atoms with van der Waals surface area (Å²) < 4.78 is 5.09. The molecule has 2 aliphatic heterocycles. The van der Waals surface area contributed by atoms with Crippen molar-refractivity contribution < 1.29 is 9.21 Å². The minimum Gasteiger partial charge on any atom is -0.472 e. The Morgan fingerprint density at radius 3 is 2.83 bits per heavy atom. The van der Waals surface area contributed by atoms with Crippen molar-refractivity contribution >= 4 is 5.91 Å². The molecule has 2 saturated heterocycles. The number of likely N-dealkylation sites (tertiary alicyclic amines) is 1. The highest BCUT2D eigenvalue weighted by atomic mass is 16.3. The summed E-state index contributed by atoms with van der Waals surface area (Å²) in [5.41, 5.74) is 1.16. The number of rotatable bonds is 2. The molecular formula is C14H20N2O2. The van der Waals surface area contributed by atoms with Crippen molar-refractivity contribution in [3.63, 3.8) is 0 Å². The predicted octanol–water partition coefficient (Wildman–Crippen LogP) is 1.77. The number of furan rings is 1. The SMILES string of the molecule is O=C1NCCCC12CCN(Cc1ccoc1)CC2. The second kappa shape index (κ2) is 4.76. The van der Waals surface area contributed by atoms with Gasteiger partial charge in [0.25, 0.3) is 0 Å². The van der Waals surface area contributed by atoms with Crippen LogP contribution in [0.2, 0.25) is 0 Å². The Balaban J connectivity index is 1.59. The van der Waals surface area contributed by atoms with Crippen LogP contribution < -0.4 is 5.32 Å². The minimum absolute atomic E-state index is 0.0643. The number of carbonyl (C=O) groups is 1. The summed E-state index contributed by atoms with van der Waals surface area (Å²) in [6.45, 7) is 3.82. The monoisotopic (exact) mass is 248 g/mol. The molecule has 3 rings (SSSR count). The van der Waals surface area contributed by atoms with Gasteiger partial charge in [0.15, 0.2) is 0 Å². The van der Waals surface area contributed by atoms with Crippen LogP contribution >= 0.6 is 0 Å². The van der Waals surface area contributed by atoms with Crippen LogP contribution in [0, 0.1) is 5.41 Å². The van der Waals surface area contributed by atoms with Crippen molar-refractivity contribution in [3.05, 3.63) is 24.2 Å². The van der Waals surface area contributed by atoms with Crippen LogP contribution in [0.25, 0.3) is 0 Å². The number of nitrogens with zero attached hydrogens (tertiary/aromatic N) is 1. The lowest BCUT2D eigenvalue weighted by atomic mass is 9.72. The second-order valence-electron chi connectivity index (χ2n) is 5.55. The van der Waals surface area contributed by atoms with Gasteiger partial charge in [0, 0.05) is 18.7 Å². The van der Waals surface area contributed by atoms with Gasteiger partial charge < -0.3 is 9.73 Å². The first-order valence-electron chi connectivity index (χ1n) is 6.80. The molecule has 98 valence electrons. The van der Waals surface area contributed by atoms with Gasteiger partial charge >= 0.3 is 0 Å². The third kappa shape index (κ3) is 2.17. The molecule has 1 amide bonds. The Morgan fingerprint density at radius 2 is 2.17 bits per heavy atom. The molecule has 3 heterocycles. The number of hydrogen-bond donors (Lipinski definition) is 1. The summed E-state index contributed by atoms with van der Waals surface area (Å²) in [4.78, 5) is 14.5. The standard InChI is InChI=1S/C14H20N2O2/c17-13-14(3-1-6-15-13)4-7-16(8-5-14)10-12-2-9-18-11-12/h2,9,11H,1,3-8,10H2,(H,15,17). The van der Waals surface area contributed by atoms with E-state index in [4.69, 9.17) is 4.42 Å². The third-order valence-electron chi connectivity index (χ3n) is 4.40. The van der Waals surface area contributed by atoms with Crippen LogP contribution in [-0.2, 0) is 11.3 Å². The molecule has 0 saturated carbocycles. The Labute approximate surface area is 107 Å². The summed E-state index contributed by atoms with van der Waals surface area (Å²) in [5, 5.41) is 3.03. The van der Waals surface area contributed by atoms with Gasteiger partial charge in [-0.1, -0.05) is 0 Å². The van der Waals surface area contributed by atoms with Crippen molar-refractivity contribution in [1.82, 2.24) is 10.2 Å². The van der Waals surface area contributed by atoms with E-state index in [9.17, 15) is 4.79 Å². The molecule has 1 aromatic rings. The summed E-state index contributed by atoms with van der Waals surface area (Å²) in [7, 11) is 0. The van der Waals surface area contributed by atoms with Crippen molar-refractivity contribution in [1.29, 1.82) is 0 Å². The van der Waals surface area contributed by atoms with E-state index in [1.807, 2.05) is 6.07 Å². The van der Waals surface area contributed by atoms with Crippen LogP contribution in [0.4, 0.5) is 0 Å². The van der Waals surface area contributed by atoms with Gasteiger partial charge in [0.2, 0.25) is 5.91 Å². The molecule has 0 atom stereocenters. The Hall–Kier alpha value is -1.29. The molecule has 1 N–H and O–H groups in total. The van der Waals surface area contributed by atoms with Gasteiger partial charge in [0.1, 0.15) is 0 Å². The third-order valence-corrected chi connectivity index (χ3v) is 4.40. The molecule has 2 fully saturated rings. The molecule has 2 aliphatic rings. The minimum atomic E-state index is -0.0643. The fourth-order valence-electron chi connectivity index (χ4n) is 3.19. The first-order chi connectivity index (χ1) is 8.78. The number of piperidine rings is 2. The van der Waals surface area contributed by atoms with Crippen LogP contribution in [0.15, 0.2) is 23.0 Å². The first-order valence-corrected chi connectivity index (χ1v) is 6.80. The Bertz CT molecular complexity index is 405. The average Bonchev–Trinajstić information content (AvgIpc) is 2.89. The number of nitrogens with one attached hydrogen (secondary N) is 1. The highest BCUT2D eigenvalue weighted by Crippen LogP contribution is 2.38. The van der Waals surface area contributed by atoms with Crippen LogP contribution in [-0.4, -0.2) is 30.4 Å². The van der Waals surface area contributed by atoms with Gasteiger partial charge in [-0.15, -0.1) is 0 Å². The lowest BCUT2D eigenvalue weighted by Crippen LogP contribution is -2.51. The topological polar surface area (TPSA) is 45.5 Å². The highest BCUT2D eigenvalue weighted by Gasteiger charge is 2.42. The predicted molar refractivity (Wildman–Crippen MR) is 67.9 cm³/mol. The zero-order chi connectivity index (χ0) is 12.4. The van der Waals surface area contributed by atoms with E-state index < -0.39 is 0 Å². The maximum Gasteiger partial charge on any atom is 0.226 e. The molecule has 1 spiro atoms. The van der Waals surface area contributed by atoms with Gasteiger partial charge in [-0.25, -0.2) is 0 Å². The second-order valence-corrected chi connectivity index (χ2v) is 5.55. The van der Waals surface area contributed by atoms with Crippen molar-refractivity contribution in [2.45, 2.75) is 32.2 Å². The molecule has 0 aliphatic carbocycles. The summed E-state index contributed by atoms with van der Waals surface area (Å²) in [5.74, 6) is 0.289. The van der Waals surface area contributed by atoms with Crippen molar-refractivity contribution in [2.75, 3.05) is 19.6 Å². The van der Waals surface area contributed by atoms with Crippen molar-refractivity contribution in [3.8, 4) is 0 Å². The maximum absolute atomic E-state index is 12.1. The smallest absolute Gasteiger partial charge is 0.226 e. The summed E-state index contributed by atoms with van der Waals surface area (Å²) in [6.07, 6.45) is 7.71. The Kier molecular flexibility index (Phi) is 3.12. The lowest BCUT2D eigenvalue weighted by Gasteiger charge is -2.42. The van der Waals surface area contributed by atoms with Crippen LogP contribution in [0.5, 0.6) is 0 Å². The molecule has 0 unspecified atom stereocenters. The molecule has 4 heteroatoms. The zero-order valence-electron chi connectivity index (χ0n) is 10.7. The highest BCUT2D eigenvalue weighted by molar-refractivity contribution is 5.83. The van der Waals surface area contributed by atoms with E-state index in [1.165, 1.54) is 5.56 Å². The molecule has 4 nitrogen and oxygen atoms in total. The maximum atomic E-state index is 12.1. The normalized spacial score (nSPS) is 24.1. The number of hydrogen-bond acceptors (Lipinski definition) is 3. The molecule has 18 heavy (non-hydrogen) atoms. The number of amides is 1. The molecule has 0 bridgehead atoms. The van der Waals surface area contributed by atoms with E-state index in [2.05, 4.69) is 10.2 Å². The quantitative estimate of drug-likeness (QED) is 0.867. The summed E-state index contributed by atoms with van der Waals surface area (Å²) in [6, 6.07) is 2.01. The van der Waals surface area contributed by atoms with Gasteiger partial charge in [-0.2, -0.15) is 0 Å². The molecular weight excluding hydrogens is 228 g/mol. The average molecular weight is 248 g/mol. The van der Waals surface area contributed by atoms with E-state index >= 15 is 0 Å². The van der Waals surface area contributed by atoms with Crippen LogP contribution in [0.1, 0.15) is 31.2 Å². The lowest BCUT2D eigenvalue weighted by molar-refractivity contribution is -0.136. The molecule has 1 aromatic heterocycles. The Morgan fingerprint density at radius 1 is 1.33 bits per heavy atom. The molecule has 0 radical (unpaired) electrons. The number of carbonyl (C=O) groups excluding carboxylic acids is 1. The fourth-order valence-corrected chi connectivity index (χ4v) is 3.19. The summed E-state index contributed by atoms with van der Waals surface area (Å²) >= 11 is 0. The van der Waals surface area contributed by atoms with E-state index in [0.29, 0.717) is 0 Å². The zero-order valence-corrected chi connectivity index (χ0v) is 10.7. The molecule has 0 aromatic carbocycles. The van der Waals surface area contributed by atoms with E-state index in [-0.39, 0.29) is 11.3 Å². The van der Waals surface area contributed by atoms with Crippen LogP contribution in [0.3, 0.4) is 0 Å². The van der Waals surface area contributed by atoms with Gasteiger partial charge in [-0.3, -0.25) is 9.69 Å². The largest absolute Gasteiger partial charge is 0.472 e. The van der Waals surface area contributed by atoms with E-state index in [1.54, 1.807) is 12.5 Å². The van der Waals surface area contributed by atoms with E-state index in [0.717, 1.165) is 51.9 Å². The first kappa shape index (κ1) is 11.8. The van der Waals surface area contributed by atoms with Crippen molar-refractivity contribution in [2.24, 2.45) is 5.41 Å². The van der Waals surface area contributed by atoms with Gasteiger partial charge in [-0.05, 0) is 44.8 Å².